The summed E-state index contributed by atoms with van der Waals surface area (Å²) in [5.74, 6) is 1.89. The molecule has 0 saturated carbocycles. The minimum absolute atomic E-state index is 0.0869. The molecular weight excluding hydrogens is 362 g/mol. The first-order chi connectivity index (χ1) is 13.5. The van der Waals surface area contributed by atoms with E-state index in [1.807, 2.05) is 12.1 Å². The summed E-state index contributed by atoms with van der Waals surface area (Å²) in [6, 6.07) is 10.8. The molecule has 0 bridgehead atoms. The standard InChI is InChI=1S/C21H25NO6/c1-25-16-6-4-5-7-17(16)28-12-20(23)22-13-21(24)9-8-14-10-18(26-2)19(27-3)11-15(14)21/h4-7,10-11,24H,8-9,12-13H2,1-3H3,(H,22,23). The quantitative estimate of drug-likeness (QED) is 0.721. The lowest BCUT2D eigenvalue weighted by Crippen LogP contribution is -2.41. The molecule has 2 aromatic rings. The van der Waals surface area contributed by atoms with Gasteiger partial charge in [-0.25, -0.2) is 0 Å². The van der Waals surface area contributed by atoms with E-state index in [-0.39, 0.29) is 19.1 Å². The summed E-state index contributed by atoms with van der Waals surface area (Å²) in [5.41, 5.74) is 0.574. The van der Waals surface area contributed by atoms with Crippen LogP contribution in [0.2, 0.25) is 0 Å². The highest BCUT2D eigenvalue weighted by Crippen LogP contribution is 2.42. The average Bonchev–Trinajstić information content (AvgIpc) is 3.06. The number of methoxy groups -OCH3 is 3. The van der Waals surface area contributed by atoms with Crippen molar-refractivity contribution in [1.82, 2.24) is 5.32 Å². The van der Waals surface area contributed by atoms with Crippen LogP contribution in [-0.2, 0) is 16.8 Å². The monoisotopic (exact) mass is 387 g/mol. The van der Waals surface area contributed by atoms with Gasteiger partial charge in [-0.1, -0.05) is 12.1 Å². The third-order valence-corrected chi connectivity index (χ3v) is 4.92. The maximum absolute atomic E-state index is 12.2. The third kappa shape index (κ3) is 3.99. The van der Waals surface area contributed by atoms with Gasteiger partial charge in [-0.2, -0.15) is 0 Å². The Morgan fingerprint density at radius 2 is 1.68 bits per heavy atom. The summed E-state index contributed by atoms with van der Waals surface area (Å²) in [5, 5.41) is 13.8. The Balaban J connectivity index is 1.63. The van der Waals surface area contributed by atoms with Gasteiger partial charge >= 0.3 is 0 Å². The van der Waals surface area contributed by atoms with Crippen LogP contribution in [-0.4, -0.2) is 45.5 Å². The summed E-state index contributed by atoms with van der Waals surface area (Å²) in [7, 11) is 4.67. The van der Waals surface area contributed by atoms with E-state index >= 15 is 0 Å². The lowest BCUT2D eigenvalue weighted by molar-refractivity contribution is -0.124. The van der Waals surface area contributed by atoms with Gasteiger partial charge in [-0.15, -0.1) is 0 Å². The molecule has 0 aromatic heterocycles. The van der Waals surface area contributed by atoms with Crippen molar-refractivity contribution in [1.29, 1.82) is 0 Å². The minimum atomic E-state index is -1.16. The molecule has 1 amide bonds. The zero-order chi connectivity index (χ0) is 20.1. The molecule has 2 N–H and O–H groups in total. The first-order valence-electron chi connectivity index (χ1n) is 9.01. The Bertz CT molecular complexity index is 853. The van der Waals surface area contributed by atoms with Crippen LogP contribution < -0.4 is 24.3 Å². The molecule has 7 nitrogen and oxygen atoms in total. The molecule has 2 aromatic carbocycles. The van der Waals surface area contributed by atoms with Gasteiger partial charge in [0.2, 0.25) is 0 Å². The van der Waals surface area contributed by atoms with Gasteiger partial charge in [-0.3, -0.25) is 4.79 Å². The lowest BCUT2D eigenvalue weighted by atomic mass is 9.95. The van der Waals surface area contributed by atoms with E-state index in [9.17, 15) is 9.90 Å². The van der Waals surface area contributed by atoms with Crippen LogP contribution in [0.3, 0.4) is 0 Å². The molecule has 0 heterocycles. The number of carbonyl (C=O) groups excluding carboxylic acids is 1. The highest BCUT2D eigenvalue weighted by molar-refractivity contribution is 5.77. The maximum atomic E-state index is 12.2. The molecule has 7 heteroatoms. The van der Waals surface area contributed by atoms with Crippen molar-refractivity contribution in [2.75, 3.05) is 34.5 Å². The van der Waals surface area contributed by atoms with Crippen LogP contribution >= 0.6 is 0 Å². The summed E-state index contributed by atoms with van der Waals surface area (Å²) in [4.78, 5) is 12.2. The van der Waals surface area contributed by atoms with Crippen molar-refractivity contribution in [2.24, 2.45) is 0 Å². The SMILES string of the molecule is COc1cc2c(cc1OC)C(O)(CNC(=O)COc1ccccc1OC)CC2. The van der Waals surface area contributed by atoms with Crippen LogP contribution in [0.5, 0.6) is 23.0 Å². The molecule has 0 fully saturated rings. The molecule has 0 aliphatic heterocycles. The van der Waals surface area contributed by atoms with Gasteiger partial charge in [0.05, 0.1) is 27.9 Å². The summed E-state index contributed by atoms with van der Waals surface area (Å²) in [6.45, 7) is -0.0845. The van der Waals surface area contributed by atoms with Gasteiger partial charge < -0.3 is 29.4 Å². The number of aliphatic hydroxyl groups is 1. The summed E-state index contributed by atoms with van der Waals surface area (Å²) < 4.78 is 21.4. The van der Waals surface area contributed by atoms with Crippen molar-refractivity contribution in [3.63, 3.8) is 0 Å². The van der Waals surface area contributed by atoms with Crippen molar-refractivity contribution < 1.29 is 28.8 Å². The number of nitrogens with one attached hydrogen (secondary N) is 1. The molecular formula is C21H25NO6. The number of rotatable bonds is 8. The fourth-order valence-electron chi connectivity index (χ4n) is 3.40. The predicted molar refractivity (Wildman–Crippen MR) is 103 cm³/mol. The van der Waals surface area contributed by atoms with Crippen LogP contribution in [0.4, 0.5) is 0 Å². The molecule has 3 rings (SSSR count). The van der Waals surface area contributed by atoms with Crippen LogP contribution in [0.1, 0.15) is 17.5 Å². The average molecular weight is 387 g/mol. The Kier molecular flexibility index (Phi) is 5.94. The van der Waals surface area contributed by atoms with Crippen molar-refractivity contribution in [2.45, 2.75) is 18.4 Å². The van der Waals surface area contributed by atoms with Crippen molar-refractivity contribution in [3.8, 4) is 23.0 Å². The van der Waals surface area contributed by atoms with E-state index in [0.29, 0.717) is 35.8 Å². The molecule has 1 aliphatic carbocycles. The van der Waals surface area contributed by atoms with Crippen molar-refractivity contribution in [3.05, 3.63) is 47.5 Å². The molecule has 0 spiro atoms. The van der Waals surface area contributed by atoms with Gasteiger partial charge in [0.15, 0.2) is 29.6 Å². The fraction of sp³-hybridized carbons (Fsp3) is 0.381. The topological polar surface area (TPSA) is 86.2 Å². The van der Waals surface area contributed by atoms with E-state index in [2.05, 4.69) is 5.32 Å². The van der Waals surface area contributed by atoms with Gasteiger partial charge in [0, 0.05) is 0 Å². The Hall–Kier alpha value is -2.93. The van der Waals surface area contributed by atoms with E-state index in [4.69, 9.17) is 18.9 Å². The molecule has 0 radical (unpaired) electrons. The molecule has 28 heavy (non-hydrogen) atoms. The van der Waals surface area contributed by atoms with E-state index in [0.717, 1.165) is 11.1 Å². The first-order valence-corrected chi connectivity index (χ1v) is 9.01. The molecule has 0 saturated heterocycles. The Labute approximate surface area is 164 Å². The summed E-state index contributed by atoms with van der Waals surface area (Å²) in [6.07, 6.45) is 1.20. The molecule has 1 aliphatic rings. The number of hydrogen-bond acceptors (Lipinski definition) is 6. The van der Waals surface area contributed by atoms with E-state index in [1.54, 1.807) is 45.6 Å². The highest BCUT2D eigenvalue weighted by atomic mass is 16.5. The summed E-state index contributed by atoms with van der Waals surface area (Å²) >= 11 is 0. The smallest absolute Gasteiger partial charge is 0.258 e. The fourth-order valence-corrected chi connectivity index (χ4v) is 3.40. The largest absolute Gasteiger partial charge is 0.493 e. The lowest BCUT2D eigenvalue weighted by Gasteiger charge is -2.25. The Morgan fingerprint density at radius 1 is 1.04 bits per heavy atom. The first kappa shape index (κ1) is 19.8. The molecule has 150 valence electrons. The number of ether oxygens (including phenoxy) is 4. The predicted octanol–water partition coefficient (Wildman–Crippen LogP) is 2.04. The molecule has 1 unspecified atom stereocenters. The van der Waals surface area contributed by atoms with Gasteiger partial charge in [-0.05, 0) is 48.2 Å². The van der Waals surface area contributed by atoms with Crippen LogP contribution in [0, 0.1) is 0 Å². The second-order valence-corrected chi connectivity index (χ2v) is 6.61. The van der Waals surface area contributed by atoms with Gasteiger partial charge in [0.1, 0.15) is 5.60 Å². The van der Waals surface area contributed by atoms with Crippen molar-refractivity contribution >= 4 is 5.91 Å². The van der Waals surface area contributed by atoms with E-state index in [1.165, 1.54) is 0 Å². The van der Waals surface area contributed by atoms with Crippen LogP contribution in [0.15, 0.2) is 36.4 Å². The minimum Gasteiger partial charge on any atom is -0.493 e. The zero-order valence-corrected chi connectivity index (χ0v) is 16.3. The highest BCUT2D eigenvalue weighted by Gasteiger charge is 2.38. The van der Waals surface area contributed by atoms with E-state index < -0.39 is 5.60 Å². The normalized spacial score (nSPS) is 17.6. The number of carbonyl (C=O) groups is 1. The number of amides is 1. The maximum Gasteiger partial charge on any atom is 0.258 e. The molecule has 1 atom stereocenters. The number of para-hydroxylation sites is 2. The van der Waals surface area contributed by atoms with Gasteiger partial charge in [0.25, 0.3) is 5.91 Å². The zero-order valence-electron chi connectivity index (χ0n) is 16.3. The van der Waals surface area contributed by atoms with Crippen LogP contribution in [0.25, 0.3) is 0 Å². The number of fused-ring (bicyclic) bond motifs is 1. The second kappa shape index (κ2) is 8.39. The third-order valence-electron chi connectivity index (χ3n) is 4.92. The number of benzene rings is 2. The Morgan fingerprint density at radius 3 is 2.36 bits per heavy atom. The second-order valence-electron chi connectivity index (χ2n) is 6.61. The number of hydrogen-bond donors (Lipinski definition) is 2. The number of aryl methyl sites for hydroxylation is 1.